The molecule has 1 saturated heterocycles. The number of methoxy groups -OCH3 is 1. The maximum Gasteiger partial charge on any atom is 0.236 e. The van der Waals surface area contributed by atoms with Gasteiger partial charge in [0.05, 0.1) is 17.6 Å². The molecule has 6 nitrogen and oxygen atoms in total. The van der Waals surface area contributed by atoms with Crippen LogP contribution in [0.15, 0.2) is 67.3 Å². The van der Waals surface area contributed by atoms with Gasteiger partial charge in [-0.3, -0.25) is 0 Å². The van der Waals surface area contributed by atoms with Crippen LogP contribution >= 0.6 is 15.9 Å². The summed E-state index contributed by atoms with van der Waals surface area (Å²) < 4.78 is 39.3. The highest BCUT2D eigenvalue weighted by Crippen LogP contribution is 2.38. The van der Waals surface area contributed by atoms with Gasteiger partial charge in [-0.1, -0.05) is 35.0 Å². The average Bonchev–Trinajstić information content (AvgIpc) is 3.21. The summed E-state index contributed by atoms with van der Waals surface area (Å²) in [6.07, 6.45) is 1.95. The number of anilines is 1. The number of piperidine rings is 1. The summed E-state index contributed by atoms with van der Waals surface area (Å²) in [6.45, 7) is 3.66. The number of hydrogen-bond acceptors (Lipinski definition) is 6. The molecule has 158 valence electrons. The number of para-hydroxylation sites is 1. The maximum absolute atomic E-state index is 13.5. The van der Waals surface area contributed by atoms with Gasteiger partial charge in [-0.25, -0.2) is 8.42 Å². The van der Waals surface area contributed by atoms with Gasteiger partial charge in [0.2, 0.25) is 26.6 Å². The molecule has 0 aliphatic carbocycles. The Morgan fingerprint density at radius 1 is 1.10 bits per heavy atom. The summed E-state index contributed by atoms with van der Waals surface area (Å²) in [5, 5.41) is -0.0553. The molecule has 0 bridgehead atoms. The van der Waals surface area contributed by atoms with Crippen molar-refractivity contribution in [1.29, 1.82) is 0 Å². The summed E-state index contributed by atoms with van der Waals surface area (Å²) >= 11 is 3.35. The molecule has 0 N–H and O–H groups in total. The van der Waals surface area contributed by atoms with Crippen LogP contribution in [-0.4, -0.2) is 33.6 Å². The number of nitrogens with zero attached hydrogens (tertiary/aromatic N) is 2. The third kappa shape index (κ3) is 3.98. The smallest absolute Gasteiger partial charge is 0.236 e. The number of ether oxygens (including phenoxy) is 1. The van der Waals surface area contributed by atoms with Gasteiger partial charge in [0.25, 0.3) is 0 Å². The number of rotatable bonds is 5. The second-order valence-electron chi connectivity index (χ2n) is 7.46. The van der Waals surface area contributed by atoms with Crippen LogP contribution in [-0.2, 0) is 9.84 Å². The largest absolute Gasteiger partial charge is 0.496 e. The predicted octanol–water partition coefficient (Wildman–Crippen LogP) is 5.18. The van der Waals surface area contributed by atoms with Crippen LogP contribution in [0.25, 0.3) is 11.5 Å². The van der Waals surface area contributed by atoms with Crippen LogP contribution in [0.5, 0.6) is 5.75 Å². The lowest BCUT2D eigenvalue weighted by atomic mass is 9.99. The van der Waals surface area contributed by atoms with Gasteiger partial charge in [-0.2, -0.15) is 4.98 Å². The molecular weight excluding hydrogens is 468 g/mol. The van der Waals surface area contributed by atoms with Gasteiger partial charge in [0, 0.05) is 17.6 Å². The highest BCUT2D eigenvalue weighted by Gasteiger charge is 2.33. The number of hydrogen-bond donors (Lipinski definition) is 0. The van der Waals surface area contributed by atoms with Crippen LogP contribution in [0, 0.1) is 5.92 Å². The molecule has 0 atom stereocenters. The minimum absolute atomic E-state index is 0.0553. The van der Waals surface area contributed by atoms with E-state index in [1.807, 2.05) is 23.1 Å². The number of halogens is 1. The summed E-state index contributed by atoms with van der Waals surface area (Å²) in [5.41, 5.74) is 0.615. The van der Waals surface area contributed by atoms with Crippen molar-refractivity contribution in [2.75, 3.05) is 25.1 Å². The van der Waals surface area contributed by atoms with Crippen molar-refractivity contribution >= 4 is 31.7 Å². The van der Waals surface area contributed by atoms with Gasteiger partial charge in [-0.15, -0.1) is 0 Å². The lowest BCUT2D eigenvalue weighted by Crippen LogP contribution is -2.33. The molecule has 0 spiro atoms. The van der Waals surface area contributed by atoms with E-state index in [4.69, 9.17) is 9.15 Å². The van der Waals surface area contributed by atoms with Crippen LogP contribution < -0.4 is 9.64 Å². The molecular formula is C22H23BrN2O4S. The highest BCUT2D eigenvalue weighted by atomic mass is 79.9. The Morgan fingerprint density at radius 3 is 2.43 bits per heavy atom. The quantitative estimate of drug-likeness (QED) is 0.490. The summed E-state index contributed by atoms with van der Waals surface area (Å²) in [4.78, 5) is 6.63. The molecule has 2 aromatic carbocycles. The number of aromatic nitrogens is 1. The van der Waals surface area contributed by atoms with Gasteiger partial charge >= 0.3 is 0 Å². The van der Waals surface area contributed by atoms with E-state index in [0.29, 0.717) is 23.1 Å². The average molecular weight is 491 g/mol. The molecule has 30 heavy (non-hydrogen) atoms. The van der Waals surface area contributed by atoms with Crippen LogP contribution in [0.1, 0.15) is 19.8 Å². The van der Waals surface area contributed by atoms with E-state index >= 15 is 0 Å². The second kappa shape index (κ2) is 8.43. The fraction of sp³-hybridized carbons (Fsp3) is 0.318. The first-order valence-electron chi connectivity index (χ1n) is 9.80. The first-order chi connectivity index (χ1) is 14.4. The van der Waals surface area contributed by atoms with Crippen LogP contribution in [0.3, 0.4) is 0 Å². The fourth-order valence-corrected chi connectivity index (χ4v) is 5.13. The zero-order valence-electron chi connectivity index (χ0n) is 16.8. The summed E-state index contributed by atoms with van der Waals surface area (Å²) in [6, 6.07) is 13.8. The van der Waals surface area contributed by atoms with E-state index in [2.05, 4.69) is 27.8 Å². The third-order valence-electron chi connectivity index (χ3n) is 5.37. The molecule has 2 heterocycles. The lowest BCUT2D eigenvalue weighted by molar-refractivity contribution is 0.409. The Hall–Kier alpha value is -2.32. The van der Waals surface area contributed by atoms with Gasteiger partial charge < -0.3 is 14.1 Å². The van der Waals surface area contributed by atoms with Crippen molar-refractivity contribution < 1.29 is 17.6 Å². The first kappa shape index (κ1) is 20.9. The normalized spacial score (nSPS) is 15.4. The molecule has 1 aromatic heterocycles. The van der Waals surface area contributed by atoms with Gasteiger partial charge in [0.15, 0.2) is 0 Å². The van der Waals surface area contributed by atoms with Gasteiger partial charge in [0.1, 0.15) is 5.75 Å². The molecule has 3 aromatic rings. The van der Waals surface area contributed by atoms with E-state index < -0.39 is 9.84 Å². The van der Waals surface area contributed by atoms with E-state index in [0.717, 1.165) is 30.4 Å². The van der Waals surface area contributed by atoms with Crippen molar-refractivity contribution in [2.24, 2.45) is 5.92 Å². The molecule has 0 saturated carbocycles. The Bertz CT molecular complexity index is 1130. The standard InChI is InChI=1S/C22H23BrN2O4S/c1-15-11-13-25(14-12-15)22-21(30(26,27)17-9-7-16(23)8-10-17)24-20(29-22)18-5-3-4-6-19(18)28-2/h3-10,15H,11-14H2,1-2H3. The molecule has 0 unspecified atom stereocenters. The molecule has 0 radical (unpaired) electrons. The SMILES string of the molecule is COc1ccccc1-c1nc(S(=O)(=O)c2ccc(Br)cc2)c(N2CCC(C)CC2)o1. The Kier molecular flexibility index (Phi) is 5.88. The van der Waals surface area contributed by atoms with E-state index in [9.17, 15) is 8.42 Å². The topological polar surface area (TPSA) is 72.6 Å². The summed E-state index contributed by atoms with van der Waals surface area (Å²) in [5.74, 6) is 1.71. The summed E-state index contributed by atoms with van der Waals surface area (Å²) in [7, 11) is -2.30. The molecule has 1 fully saturated rings. The Morgan fingerprint density at radius 2 is 1.77 bits per heavy atom. The van der Waals surface area contributed by atoms with E-state index in [1.54, 1.807) is 37.4 Å². The zero-order chi connectivity index (χ0) is 21.3. The van der Waals surface area contributed by atoms with Crippen LogP contribution in [0.4, 0.5) is 5.88 Å². The third-order valence-corrected chi connectivity index (χ3v) is 7.56. The lowest BCUT2D eigenvalue weighted by Gasteiger charge is -2.30. The first-order valence-corrected chi connectivity index (χ1v) is 12.1. The minimum Gasteiger partial charge on any atom is -0.496 e. The fourth-order valence-electron chi connectivity index (χ4n) is 3.55. The van der Waals surface area contributed by atoms with E-state index in [-0.39, 0.29) is 15.8 Å². The number of sulfone groups is 1. The minimum atomic E-state index is -3.86. The molecule has 1 aliphatic rings. The zero-order valence-corrected chi connectivity index (χ0v) is 19.2. The highest BCUT2D eigenvalue weighted by molar-refractivity contribution is 9.10. The monoisotopic (exact) mass is 490 g/mol. The molecule has 8 heteroatoms. The number of oxazole rings is 1. The van der Waals surface area contributed by atoms with Crippen molar-refractivity contribution in [3.05, 3.63) is 53.0 Å². The Labute approximate surface area is 184 Å². The molecule has 0 amide bonds. The van der Waals surface area contributed by atoms with Crippen LogP contribution in [0.2, 0.25) is 0 Å². The van der Waals surface area contributed by atoms with Crippen molar-refractivity contribution in [3.63, 3.8) is 0 Å². The second-order valence-corrected chi connectivity index (χ2v) is 10.2. The number of benzene rings is 2. The molecule has 1 aliphatic heterocycles. The Balaban J connectivity index is 1.85. The maximum atomic E-state index is 13.5. The molecule has 4 rings (SSSR count). The van der Waals surface area contributed by atoms with E-state index in [1.165, 1.54) is 0 Å². The predicted molar refractivity (Wildman–Crippen MR) is 119 cm³/mol. The van der Waals surface area contributed by atoms with Crippen molar-refractivity contribution in [2.45, 2.75) is 29.7 Å². The van der Waals surface area contributed by atoms with Gasteiger partial charge in [-0.05, 0) is 55.2 Å². The van der Waals surface area contributed by atoms with Crippen molar-refractivity contribution in [3.8, 4) is 17.2 Å². The van der Waals surface area contributed by atoms with Crippen molar-refractivity contribution in [1.82, 2.24) is 4.98 Å².